The van der Waals surface area contributed by atoms with Gasteiger partial charge >= 0.3 is 0 Å². The second-order valence-electron chi connectivity index (χ2n) is 5.95. The second kappa shape index (κ2) is 4.37. The van der Waals surface area contributed by atoms with Gasteiger partial charge in [-0.2, -0.15) is 0 Å². The monoisotopic (exact) mass is 293 g/mol. The first-order valence-electron chi connectivity index (χ1n) is 6.31. The lowest BCUT2D eigenvalue weighted by atomic mass is 10.00. The molecule has 0 aromatic rings. The van der Waals surface area contributed by atoms with E-state index in [1.807, 2.05) is 0 Å². The van der Waals surface area contributed by atoms with E-state index in [9.17, 15) is 13.2 Å². The van der Waals surface area contributed by atoms with Crippen LogP contribution in [0.1, 0.15) is 39.5 Å². The molecule has 2 aliphatic heterocycles. The molecule has 2 fully saturated rings. The Hall–Kier alpha value is -0.290. The third kappa shape index (κ3) is 2.16. The Bertz CT molecular complexity index is 446. The van der Waals surface area contributed by atoms with E-state index >= 15 is 0 Å². The van der Waals surface area contributed by atoms with Crippen LogP contribution in [0.4, 0.5) is 0 Å². The summed E-state index contributed by atoms with van der Waals surface area (Å²) in [4.78, 5) is 14.3. The van der Waals surface area contributed by atoms with E-state index in [1.54, 1.807) is 4.90 Å². The molecule has 18 heavy (non-hydrogen) atoms. The van der Waals surface area contributed by atoms with Crippen molar-refractivity contribution in [2.45, 2.75) is 61.7 Å². The van der Waals surface area contributed by atoms with Crippen molar-refractivity contribution in [3.63, 3.8) is 0 Å². The van der Waals surface area contributed by atoms with Crippen molar-refractivity contribution in [1.82, 2.24) is 4.90 Å². The van der Waals surface area contributed by atoms with E-state index in [1.165, 1.54) is 13.8 Å². The van der Waals surface area contributed by atoms with E-state index in [4.69, 9.17) is 11.6 Å². The van der Waals surface area contributed by atoms with E-state index in [0.717, 1.165) is 31.9 Å². The topological polar surface area (TPSA) is 54.5 Å². The van der Waals surface area contributed by atoms with E-state index in [0.29, 0.717) is 0 Å². The molecule has 2 bridgehead atoms. The van der Waals surface area contributed by atoms with E-state index in [-0.39, 0.29) is 23.4 Å². The molecule has 0 spiro atoms. The number of carbonyl (C=O) groups excluding carboxylic acids is 1. The molecule has 2 unspecified atom stereocenters. The highest BCUT2D eigenvalue weighted by atomic mass is 35.5. The van der Waals surface area contributed by atoms with Gasteiger partial charge in [0.1, 0.15) is 4.75 Å². The van der Waals surface area contributed by atoms with Crippen LogP contribution in [-0.4, -0.2) is 47.7 Å². The summed E-state index contributed by atoms with van der Waals surface area (Å²) in [5.74, 6) is -0.263. The first-order valence-corrected chi connectivity index (χ1v) is 8.64. The zero-order chi connectivity index (χ0) is 13.7. The molecule has 0 radical (unpaired) electrons. The minimum atomic E-state index is -3.41. The maximum atomic E-state index is 12.5. The van der Waals surface area contributed by atoms with Crippen molar-refractivity contribution in [3.8, 4) is 0 Å². The quantitative estimate of drug-likeness (QED) is 0.726. The van der Waals surface area contributed by atoms with Crippen LogP contribution in [0.25, 0.3) is 0 Å². The van der Waals surface area contributed by atoms with Crippen LogP contribution < -0.4 is 0 Å². The third-order valence-electron chi connectivity index (χ3n) is 4.35. The number of piperidine rings is 1. The lowest BCUT2D eigenvalue weighted by Crippen LogP contribution is -2.56. The van der Waals surface area contributed by atoms with E-state index < -0.39 is 14.6 Å². The van der Waals surface area contributed by atoms with Crippen molar-refractivity contribution in [2.24, 2.45) is 0 Å². The molecular weight excluding hydrogens is 274 g/mol. The summed E-state index contributed by atoms with van der Waals surface area (Å²) >= 11 is 6.16. The smallest absolute Gasteiger partial charge is 0.243 e. The van der Waals surface area contributed by atoms with Crippen LogP contribution in [0, 0.1) is 0 Å². The molecule has 0 saturated carbocycles. The SMILES string of the molecule is CC(C)(C(=O)N1C2CCC1CC(Cl)C2)S(C)(=O)=O. The zero-order valence-corrected chi connectivity index (χ0v) is 12.6. The average Bonchev–Trinajstić information content (AvgIpc) is 2.48. The fourth-order valence-corrected chi connectivity index (χ4v) is 3.75. The average molecular weight is 294 g/mol. The fourth-order valence-electron chi connectivity index (χ4n) is 2.91. The normalized spacial score (nSPS) is 32.7. The highest BCUT2D eigenvalue weighted by Crippen LogP contribution is 2.39. The largest absolute Gasteiger partial charge is 0.335 e. The molecule has 104 valence electrons. The van der Waals surface area contributed by atoms with Crippen molar-refractivity contribution in [2.75, 3.05) is 6.26 Å². The molecule has 2 rings (SSSR count). The van der Waals surface area contributed by atoms with Gasteiger partial charge in [-0.25, -0.2) is 8.42 Å². The number of carbonyl (C=O) groups is 1. The molecule has 2 aliphatic rings. The molecule has 0 aromatic heterocycles. The van der Waals surface area contributed by atoms with Gasteiger partial charge in [0.15, 0.2) is 9.84 Å². The van der Waals surface area contributed by atoms with Crippen LogP contribution in [-0.2, 0) is 14.6 Å². The van der Waals surface area contributed by atoms with Crippen molar-refractivity contribution < 1.29 is 13.2 Å². The van der Waals surface area contributed by atoms with Crippen LogP contribution in [0.3, 0.4) is 0 Å². The minimum Gasteiger partial charge on any atom is -0.335 e. The Kier molecular flexibility index (Phi) is 3.43. The van der Waals surface area contributed by atoms with Crippen molar-refractivity contribution >= 4 is 27.3 Å². The number of nitrogens with zero attached hydrogens (tertiary/aromatic N) is 1. The van der Waals surface area contributed by atoms with Gasteiger partial charge in [-0.1, -0.05) is 0 Å². The first-order chi connectivity index (χ1) is 8.14. The summed E-state index contributed by atoms with van der Waals surface area (Å²) in [7, 11) is -3.41. The number of rotatable bonds is 2. The lowest BCUT2D eigenvalue weighted by Gasteiger charge is -2.40. The molecule has 0 aromatic carbocycles. The predicted octanol–water partition coefficient (Wildman–Crippen LogP) is 1.57. The van der Waals surface area contributed by atoms with Crippen LogP contribution in [0.15, 0.2) is 0 Å². The Morgan fingerprint density at radius 2 is 1.67 bits per heavy atom. The number of alkyl halides is 1. The molecule has 4 nitrogen and oxygen atoms in total. The van der Waals surface area contributed by atoms with Gasteiger partial charge in [-0.05, 0) is 39.5 Å². The third-order valence-corrected chi connectivity index (χ3v) is 6.74. The standard InChI is InChI=1S/C12H20ClNO3S/c1-12(2,18(3,16)17)11(15)14-9-4-5-10(14)7-8(13)6-9/h8-10H,4-7H2,1-3H3. The van der Waals surface area contributed by atoms with Gasteiger partial charge in [0.2, 0.25) is 5.91 Å². The van der Waals surface area contributed by atoms with Crippen LogP contribution in [0.2, 0.25) is 0 Å². The summed E-state index contributed by atoms with van der Waals surface area (Å²) in [5.41, 5.74) is 0. The van der Waals surface area contributed by atoms with Crippen LogP contribution >= 0.6 is 11.6 Å². The summed E-state index contributed by atoms with van der Waals surface area (Å²) in [6.45, 7) is 2.99. The summed E-state index contributed by atoms with van der Waals surface area (Å²) in [6, 6.07) is 0.250. The summed E-state index contributed by atoms with van der Waals surface area (Å²) in [5, 5.41) is 0.118. The Morgan fingerprint density at radius 3 is 2.06 bits per heavy atom. The van der Waals surface area contributed by atoms with E-state index in [2.05, 4.69) is 0 Å². The van der Waals surface area contributed by atoms with Gasteiger partial charge in [-0.15, -0.1) is 11.6 Å². The fraction of sp³-hybridized carbons (Fsp3) is 0.917. The van der Waals surface area contributed by atoms with Crippen molar-refractivity contribution in [1.29, 1.82) is 0 Å². The van der Waals surface area contributed by atoms with Gasteiger partial charge in [0.05, 0.1) is 0 Å². The van der Waals surface area contributed by atoms with Crippen molar-refractivity contribution in [3.05, 3.63) is 0 Å². The number of halogens is 1. The van der Waals surface area contributed by atoms with Gasteiger partial charge in [0, 0.05) is 23.7 Å². The highest BCUT2D eigenvalue weighted by Gasteiger charge is 2.49. The predicted molar refractivity (Wildman–Crippen MR) is 71.5 cm³/mol. The number of hydrogen-bond acceptors (Lipinski definition) is 3. The summed E-state index contributed by atoms with van der Waals surface area (Å²) in [6.07, 6.45) is 4.58. The molecule has 0 aliphatic carbocycles. The van der Waals surface area contributed by atoms with Gasteiger partial charge < -0.3 is 4.90 Å². The molecule has 1 amide bonds. The summed E-state index contributed by atoms with van der Waals surface area (Å²) < 4.78 is 22.2. The molecule has 2 saturated heterocycles. The zero-order valence-electron chi connectivity index (χ0n) is 11.0. The molecular formula is C12H20ClNO3S. The Morgan fingerprint density at radius 1 is 1.22 bits per heavy atom. The highest BCUT2D eigenvalue weighted by molar-refractivity contribution is 7.92. The minimum absolute atomic E-state index is 0.118. The number of fused-ring (bicyclic) bond motifs is 2. The lowest BCUT2D eigenvalue weighted by molar-refractivity contribution is -0.137. The molecule has 2 heterocycles. The maximum absolute atomic E-state index is 12.5. The molecule has 2 atom stereocenters. The van der Waals surface area contributed by atoms with Gasteiger partial charge in [0.25, 0.3) is 0 Å². The Balaban J connectivity index is 2.26. The molecule has 0 N–H and O–H groups in total. The molecule has 6 heteroatoms. The van der Waals surface area contributed by atoms with Crippen LogP contribution in [0.5, 0.6) is 0 Å². The number of amides is 1. The van der Waals surface area contributed by atoms with Gasteiger partial charge in [-0.3, -0.25) is 4.79 Å². The Labute approximate surface area is 114 Å². The number of sulfone groups is 1. The first kappa shape index (κ1) is 14.1. The number of hydrogen-bond donors (Lipinski definition) is 0. The maximum Gasteiger partial charge on any atom is 0.243 e. The second-order valence-corrected chi connectivity index (χ2v) is 9.13.